The summed E-state index contributed by atoms with van der Waals surface area (Å²) >= 11 is 0. The summed E-state index contributed by atoms with van der Waals surface area (Å²) in [5.74, 6) is 1.33. The van der Waals surface area contributed by atoms with Crippen LogP contribution in [0.25, 0.3) is 5.65 Å². The summed E-state index contributed by atoms with van der Waals surface area (Å²) in [6.07, 6.45) is 11.4. The van der Waals surface area contributed by atoms with E-state index in [-0.39, 0.29) is 11.9 Å². The number of nitrogens with one attached hydrogen (secondary N) is 2. The zero-order valence-corrected chi connectivity index (χ0v) is 15.1. The minimum Gasteiger partial charge on any atom is -0.381 e. The van der Waals surface area contributed by atoms with Gasteiger partial charge in [0.1, 0.15) is 11.4 Å². The Labute approximate surface area is 153 Å². The average Bonchev–Trinajstić information content (AvgIpc) is 3.11. The Morgan fingerprint density at radius 1 is 1.19 bits per heavy atom. The second kappa shape index (κ2) is 8.03. The van der Waals surface area contributed by atoms with Crippen LogP contribution in [0, 0.1) is 5.92 Å². The number of amides is 1. The lowest BCUT2D eigenvalue weighted by atomic mass is 9.95. The van der Waals surface area contributed by atoms with E-state index in [1.165, 1.54) is 19.3 Å². The molecule has 3 heterocycles. The average molecular weight is 357 g/mol. The summed E-state index contributed by atoms with van der Waals surface area (Å²) in [5.41, 5.74) is 1.15. The van der Waals surface area contributed by atoms with Crippen LogP contribution in [0.5, 0.6) is 0 Å². The third-order valence-electron chi connectivity index (χ3n) is 5.47. The molecule has 7 nitrogen and oxygen atoms in total. The second-order valence-corrected chi connectivity index (χ2v) is 7.38. The molecule has 1 saturated carbocycles. The van der Waals surface area contributed by atoms with Gasteiger partial charge < -0.3 is 15.4 Å². The number of ether oxygens (including phenoxy) is 1. The van der Waals surface area contributed by atoms with E-state index in [9.17, 15) is 4.79 Å². The molecule has 26 heavy (non-hydrogen) atoms. The molecule has 0 spiro atoms. The van der Waals surface area contributed by atoms with Crippen LogP contribution >= 0.6 is 0 Å². The van der Waals surface area contributed by atoms with Gasteiger partial charge in [-0.15, -0.1) is 0 Å². The lowest BCUT2D eigenvalue weighted by molar-refractivity contribution is 0.0699. The summed E-state index contributed by atoms with van der Waals surface area (Å²) in [7, 11) is 0. The van der Waals surface area contributed by atoms with Gasteiger partial charge in [-0.1, -0.05) is 19.3 Å². The third-order valence-corrected chi connectivity index (χ3v) is 5.47. The summed E-state index contributed by atoms with van der Waals surface area (Å²) in [4.78, 5) is 17.3. The van der Waals surface area contributed by atoms with Gasteiger partial charge >= 0.3 is 0 Å². The topological polar surface area (TPSA) is 80.6 Å². The predicted octanol–water partition coefficient (Wildman–Crippen LogP) is 2.63. The number of anilines is 1. The lowest BCUT2D eigenvalue weighted by Gasteiger charge is -2.22. The van der Waals surface area contributed by atoms with Crippen LogP contribution in [0.3, 0.4) is 0 Å². The first-order chi connectivity index (χ1) is 12.8. The molecule has 2 aliphatic rings. The monoisotopic (exact) mass is 357 g/mol. The van der Waals surface area contributed by atoms with Crippen molar-refractivity contribution in [1.82, 2.24) is 19.9 Å². The highest BCUT2D eigenvalue weighted by Gasteiger charge is 2.20. The number of hydrogen-bond acceptors (Lipinski definition) is 5. The highest BCUT2D eigenvalue weighted by atomic mass is 16.5. The molecule has 7 heteroatoms. The number of aromatic nitrogens is 3. The zero-order valence-electron chi connectivity index (χ0n) is 15.1. The molecule has 140 valence electrons. The van der Waals surface area contributed by atoms with Gasteiger partial charge in [0.2, 0.25) is 0 Å². The molecular formula is C19H27N5O2. The van der Waals surface area contributed by atoms with E-state index < -0.39 is 0 Å². The molecule has 0 radical (unpaired) electrons. The first kappa shape index (κ1) is 17.3. The van der Waals surface area contributed by atoms with Crippen molar-refractivity contribution in [3.05, 3.63) is 24.0 Å². The quantitative estimate of drug-likeness (QED) is 0.860. The minimum atomic E-state index is -0.0685. The summed E-state index contributed by atoms with van der Waals surface area (Å²) in [5, 5.41) is 10.8. The van der Waals surface area contributed by atoms with Gasteiger partial charge in [-0.05, 0) is 37.7 Å². The highest BCUT2D eigenvalue weighted by molar-refractivity contribution is 5.99. The van der Waals surface area contributed by atoms with Crippen molar-refractivity contribution in [2.75, 3.05) is 25.1 Å². The molecule has 0 aromatic carbocycles. The molecule has 1 aliphatic heterocycles. The molecule has 4 rings (SSSR count). The van der Waals surface area contributed by atoms with Gasteiger partial charge in [0, 0.05) is 32.0 Å². The molecule has 1 aliphatic carbocycles. The Morgan fingerprint density at radius 2 is 2.00 bits per heavy atom. The Kier molecular flexibility index (Phi) is 5.34. The number of rotatable bonds is 5. The highest BCUT2D eigenvalue weighted by Crippen LogP contribution is 2.19. The van der Waals surface area contributed by atoms with Crippen molar-refractivity contribution in [2.24, 2.45) is 5.92 Å². The first-order valence-electron chi connectivity index (χ1n) is 9.76. The Morgan fingerprint density at radius 3 is 2.81 bits per heavy atom. The van der Waals surface area contributed by atoms with Crippen LogP contribution < -0.4 is 10.6 Å². The van der Waals surface area contributed by atoms with Crippen LogP contribution in [-0.2, 0) is 4.74 Å². The van der Waals surface area contributed by atoms with Crippen LogP contribution in [0.1, 0.15) is 55.3 Å². The maximum atomic E-state index is 12.7. The van der Waals surface area contributed by atoms with E-state index in [1.807, 2.05) is 12.3 Å². The predicted molar refractivity (Wildman–Crippen MR) is 99.4 cm³/mol. The molecule has 2 N–H and O–H groups in total. The Bertz CT molecular complexity index is 747. The maximum absolute atomic E-state index is 12.7. The van der Waals surface area contributed by atoms with E-state index >= 15 is 0 Å². The van der Waals surface area contributed by atoms with Gasteiger partial charge in [-0.2, -0.15) is 5.10 Å². The fraction of sp³-hybridized carbons (Fsp3) is 0.632. The zero-order chi connectivity index (χ0) is 17.8. The molecular weight excluding hydrogens is 330 g/mol. The smallest absolute Gasteiger partial charge is 0.256 e. The second-order valence-electron chi connectivity index (χ2n) is 7.38. The molecule has 1 saturated heterocycles. The Hall–Kier alpha value is -2.15. The number of hydrogen-bond donors (Lipinski definition) is 2. The standard InChI is InChI=1S/C19H27N5O2/c25-19(22-15-4-2-1-3-5-15)16-13-21-24-9-6-17(23-18(16)24)20-12-14-7-10-26-11-8-14/h6,9,13-15H,1-5,7-8,10-12H2,(H,20,23)(H,22,25). The van der Waals surface area contributed by atoms with Crippen molar-refractivity contribution in [2.45, 2.75) is 51.0 Å². The normalized spacial score (nSPS) is 19.5. The number of carbonyl (C=O) groups is 1. The fourth-order valence-electron chi connectivity index (χ4n) is 3.84. The van der Waals surface area contributed by atoms with E-state index in [0.717, 1.165) is 51.3 Å². The van der Waals surface area contributed by atoms with Gasteiger partial charge in [0.25, 0.3) is 5.91 Å². The van der Waals surface area contributed by atoms with E-state index in [2.05, 4.69) is 20.7 Å². The van der Waals surface area contributed by atoms with E-state index in [0.29, 0.717) is 17.1 Å². The maximum Gasteiger partial charge on any atom is 0.256 e. The molecule has 0 unspecified atom stereocenters. The van der Waals surface area contributed by atoms with Gasteiger partial charge in [-0.25, -0.2) is 9.50 Å². The minimum absolute atomic E-state index is 0.0685. The molecule has 1 amide bonds. The van der Waals surface area contributed by atoms with Crippen molar-refractivity contribution >= 4 is 17.4 Å². The molecule has 0 atom stereocenters. The van der Waals surface area contributed by atoms with Gasteiger partial charge in [-0.3, -0.25) is 4.79 Å². The van der Waals surface area contributed by atoms with Crippen LogP contribution in [0.15, 0.2) is 18.5 Å². The fourth-order valence-corrected chi connectivity index (χ4v) is 3.84. The lowest BCUT2D eigenvalue weighted by Crippen LogP contribution is -2.36. The number of nitrogens with zero attached hydrogens (tertiary/aromatic N) is 3. The molecule has 2 fully saturated rings. The Balaban J connectivity index is 1.44. The summed E-state index contributed by atoms with van der Waals surface area (Å²) in [6, 6.07) is 2.18. The summed E-state index contributed by atoms with van der Waals surface area (Å²) in [6.45, 7) is 2.56. The van der Waals surface area contributed by atoms with Crippen LogP contribution in [0.2, 0.25) is 0 Å². The number of carbonyl (C=O) groups excluding carboxylic acids is 1. The summed E-state index contributed by atoms with van der Waals surface area (Å²) < 4.78 is 7.07. The first-order valence-corrected chi connectivity index (χ1v) is 9.76. The molecule has 2 aromatic heterocycles. The molecule has 0 bridgehead atoms. The van der Waals surface area contributed by atoms with Crippen LogP contribution in [0.4, 0.5) is 5.82 Å². The van der Waals surface area contributed by atoms with Crippen molar-refractivity contribution < 1.29 is 9.53 Å². The SMILES string of the molecule is O=C(NC1CCCCC1)c1cnn2ccc(NCC3CCOCC3)nc12. The third kappa shape index (κ3) is 3.98. The number of fused-ring (bicyclic) bond motifs is 1. The largest absolute Gasteiger partial charge is 0.381 e. The van der Waals surface area contributed by atoms with Crippen molar-refractivity contribution in [1.29, 1.82) is 0 Å². The molecule has 2 aromatic rings. The van der Waals surface area contributed by atoms with E-state index in [1.54, 1.807) is 10.7 Å². The van der Waals surface area contributed by atoms with E-state index in [4.69, 9.17) is 4.74 Å². The van der Waals surface area contributed by atoms with Gasteiger partial charge in [0.05, 0.1) is 6.20 Å². The van der Waals surface area contributed by atoms with Crippen LogP contribution in [-0.4, -0.2) is 46.3 Å². The van der Waals surface area contributed by atoms with Crippen molar-refractivity contribution in [3.63, 3.8) is 0 Å². The van der Waals surface area contributed by atoms with Gasteiger partial charge in [0.15, 0.2) is 5.65 Å². The van der Waals surface area contributed by atoms with Crippen molar-refractivity contribution in [3.8, 4) is 0 Å².